The summed E-state index contributed by atoms with van der Waals surface area (Å²) in [6, 6.07) is 13.1. The van der Waals surface area contributed by atoms with E-state index in [0.29, 0.717) is 13.0 Å². The van der Waals surface area contributed by atoms with Crippen molar-refractivity contribution >= 4 is 12.1 Å². The highest BCUT2D eigenvalue weighted by Crippen LogP contribution is 2.20. The molecule has 0 aliphatic heterocycles. The summed E-state index contributed by atoms with van der Waals surface area (Å²) < 4.78 is 16.5. The van der Waals surface area contributed by atoms with E-state index in [4.69, 9.17) is 19.2 Å². The average Bonchev–Trinajstić information content (AvgIpc) is 2.95. The minimum absolute atomic E-state index is 0.0427. The lowest BCUT2D eigenvalue weighted by molar-refractivity contribution is -0.157. The molecule has 8 nitrogen and oxygen atoms in total. The fourth-order valence-electron chi connectivity index (χ4n) is 4.98. The van der Waals surface area contributed by atoms with E-state index in [1.54, 1.807) is 7.11 Å². The largest absolute Gasteiger partial charge is 0.458 e. The fraction of sp³-hybridized carbons (Fsp3) is 0.606. The second kappa shape index (κ2) is 16.5. The first-order chi connectivity index (χ1) is 19.6. The number of rotatable bonds is 15. The lowest BCUT2D eigenvalue weighted by atomic mass is 9.95. The summed E-state index contributed by atoms with van der Waals surface area (Å²) in [6.07, 6.45) is 7.54. The molecule has 0 saturated carbocycles. The van der Waals surface area contributed by atoms with Gasteiger partial charge in [0, 0.05) is 31.6 Å². The zero-order valence-electron chi connectivity index (χ0n) is 25.6. The van der Waals surface area contributed by atoms with Crippen LogP contribution < -0.4 is 5.32 Å². The number of methoxy groups -OCH3 is 1. The van der Waals surface area contributed by atoms with Crippen molar-refractivity contribution in [2.75, 3.05) is 26.7 Å². The number of nitrogens with zero attached hydrogens (tertiary/aromatic N) is 2. The fourth-order valence-corrected chi connectivity index (χ4v) is 4.98. The number of pyridine rings is 1. The third-order valence-corrected chi connectivity index (χ3v) is 7.24. The van der Waals surface area contributed by atoms with Gasteiger partial charge in [-0.05, 0) is 103 Å². The predicted octanol–water partition coefficient (Wildman–Crippen LogP) is 5.65. The maximum atomic E-state index is 13.0. The molecule has 8 heteroatoms. The summed E-state index contributed by atoms with van der Waals surface area (Å²) in [6.45, 7) is 9.82. The smallest absolute Gasteiger partial charge is 0.408 e. The number of carbonyl (C=O) groups is 2. The summed E-state index contributed by atoms with van der Waals surface area (Å²) in [4.78, 5) is 32.9. The normalized spacial score (nSPS) is 14.7. The Labute approximate surface area is 246 Å². The Balaban J connectivity index is 1.54. The van der Waals surface area contributed by atoms with Gasteiger partial charge in [0.05, 0.1) is 6.10 Å². The van der Waals surface area contributed by atoms with Crippen molar-refractivity contribution in [1.82, 2.24) is 15.2 Å². The number of alkyl carbamates (subject to hydrolysis) is 1. The number of carbonyl (C=O) groups excluding carboxylic acids is 2. The number of hydrogen-bond acceptors (Lipinski definition) is 7. The molecule has 0 fully saturated rings. The van der Waals surface area contributed by atoms with E-state index in [1.165, 1.54) is 29.8 Å². The summed E-state index contributed by atoms with van der Waals surface area (Å²) in [7, 11) is 1.71. The van der Waals surface area contributed by atoms with Crippen molar-refractivity contribution in [2.24, 2.45) is 0 Å². The molecule has 2 aromatic rings. The van der Waals surface area contributed by atoms with Gasteiger partial charge >= 0.3 is 12.1 Å². The average molecular weight is 568 g/mol. The van der Waals surface area contributed by atoms with Gasteiger partial charge in [0.2, 0.25) is 0 Å². The molecule has 1 aliphatic carbocycles. The van der Waals surface area contributed by atoms with Crippen LogP contribution in [0, 0.1) is 0 Å². The molecule has 1 amide bonds. The van der Waals surface area contributed by atoms with Crippen LogP contribution in [0.15, 0.2) is 42.5 Å². The molecule has 1 aromatic carbocycles. The molecule has 2 atom stereocenters. The van der Waals surface area contributed by atoms with Crippen molar-refractivity contribution in [3.63, 3.8) is 0 Å². The first-order valence-electron chi connectivity index (χ1n) is 15.1. The summed E-state index contributed by atoms with van der Waals surface area (Å²) in [5.74, 6) is -0.465. The molecule has 0 spiro atoms. The number of unbranched alkanes of at least 4 members (excludes halogenated alkanes) is 1. The van der Waals surface area contributed by atoms with Gasteiger partial charge in [-0.1, -0.05) is 36.4 Å². The summed E-state index contributed by atoms with van der Waals surface area (Å²) in [5, 5.41) is 2.74. The van der Waals surface area contributed by atoms with Gasteiger partial charge in [0.1, 0.15) is 18.2 Å². The first-order valence-corrected chi connectivity index (χ1v) is 15.1. The van der Waals surface area contributed by atoms with Crippen molar-refractivity contribution in [3.8, 4) is 0 Å². The maximum Gasteiger partial charge on any atom is 0.408 e. The van der Waals surface area contributed by atoms with E-state index in [1.807, 2.05) is 58.0 Å². The highest BCUT2D eigenvalue weighted by atomic mass is 16.6. The zero-order chi connectivity index (χ0) is 29.7. The number of amides is 1. The minimum Gasteiger partial charge on any atom is -0.458 e. The maximum absolute atomic E-state index is 13.0. The number of fused-ring (bicyclic) bond motifs is 1. The second-order valence-corrected chi connectivity index (χ2v) is 12.0. The van der Waals surface area contributed by atoms with Crippen LogP contribution in [0.5, 0.6) is 0 Å². The molecule has 226 valence electrons. The number of benzene rings is 1. The van der Waals surface area contributed by atoms with Crippen molar-refractivity contribution in [3.05, 3.63) is 65.0 Å². The highest BCUT2D eigenvalue weighted by molar-refractivity contribution is 5.81. The van der Waals surface area contributed by atoms with E-state index in [2.05, 4.69) is 22.3 Å². The van der Waals surface area contributed by atoms with Crippen molar-refractivity contribution in [1.29, 1.82) is 0 Å². The number of aromatic nitrogens is 1. The Morgan fingerprint density at radius 2 is 1.78 bits per heavy atom. The van der Waals surface area contributed by atoms with Gasteiger partial charge < -0.3 is 24.4 Å². The number of aryl methyl sites for hydroxylation is 3. The van der Waals surface area contributed by atoms with Crippen LogP contribution >= 0.6 is 0 Å². The third-order valence-electron chi connectivity index (χ3n) is 7.24. The Bertz CT molecular complexity index is 1090. The lowest BCUT2D eigenvalue weighted by Gasteiger charge is -2.28. The summed E-state index contributed by atoms with van der Waals surface area (Å²) in [5.41, 5.74) is 4.08. The third kappa shape index (κ3) is 12.2. The van der Waals surface area contributed by atoms with E-state index in [0.717, 1.165) is 50.8 Å². The van der Waals surface area contributed by atoms with Crippen molar-refractivity contribution in [2.45, 2.75) is 103 Å². The van der Waals surface area contributed by atoms with Gasteiger partial charge in [0.15, 0.2) is 0 Å². The van der Waals surface area contributed by atoms with Gasteiger partial charge in [-0.25, -0.2) is 9.59 Å². The number of esters is 1. The molecule has 1 aromatic heterocycles. The van der Waals surface area contributed by atoms with E-state index < -0.39 is 23.7 Å². The molecule has 0 saturated heterocycles. The lowest BCUT2D eigenvalue weighted by Crippen LogP contribution is -2.46. The van der Waals surface area contributed by atoms with Crippen molar-refractivity contribution < 1.29 is 23.8 Å². The number of nitrogens with one attached hydrogen (secondary N) is 1. The molecule has 41 heavy (non-hydrogen) atoms. The van der Waals surface area contributed by atoms with Gasteiger partial charge in [-0.3, -0.25) is 4.98 Å². The van der Waals surface area contributed by atoms with Crippen LogP contribution in [-0.2, 0) is 44.9 Å². The van der Waals surface area contributed by atoms with Crippen LogP contribution in [0.1, 0.15) is 82.3 Å². The second-order valence-electron chi connectivity index (χ2n) is 12.0. The first kappa shape index (κ1) is 32.5. The standard InChI is InChI=1S/C33H49N3O5/c1-25(39-5)23-36(21-12-11-16-28-19-18-27-15-9-10-17-29(27)34-28)22-20-30(31(37)41-33(2,3)4)35-32(38)40-24-26-13-7-6-8-14-26/h6-8,13-14,18-19,25,30H,9-12,15-17,20-24H2,1-5H3,(H,35,38)/t25-,30+/m1/s1. The minimum atomic E-state index is -0.822. The molecule has 0 radical (unpaired) electrons. The van der Waals surface area contributed by atoms with Crippen LogP contribution in [0.25, 0.3) is 0 Å². The van der Waals surface area contributed by atoms with Crippen LogP contribution in [-0.4, -0.2) is 66.4 Å². The molecule has 0 unspecified atom stereocenters. The Morgan fingerprint density at radius 3 is 2.51 bits per heavy atom. The van der Waals surface area contributed by atoms with Crippen LogP contribution in [0.4, 0.5) is 4.79 Å². The molecular weight excluding hydrogens is 518 g/mol. The molecule has 0 bridgehead atoms. The Morgan fingerprint density at radius 1 is 1.02 bits per heavy atom. The molecule has 1 heterocycles. The van der Waals surface area contributed by atoms with Crippen LogP contribution in [0.2, 0.25) is 0 Å². The summed E-state index contributed by atoms with van der Waals surface area (Å²) >= 11 is 0. The number of hydrogen-bond donors (Lipinski definition) is 1. The Hall–Kier alpha value is -2.97. The van der Waals surface area contributed by atoms with Gasteiger partial charge in [-0.15, -0.1) is 0 Å². The topological polar surface area (TPSA) is 90.0 Å². The van der Waals surface area contributed by atoms with E-state index in [-0.39, 0.29) is 12.7 Å². The Kier molecular flexibility index (Phi) is 13.1. The zero-order valence-corrected chi connectivity index (χ0v) is 25.6. The van der Waals surface area contributed by atoms with E-state index in [9.17, 15) is 9.59 Å². The van der Waals surface area contributed by atoms with Crippen LogP contribution in [0.3, 0.4) is 0 Å². The molecule has 3 rings (SSSR count). The molecule has 1 N–H and O–H groups in total. The predicted molar refractivity (Wildman–Crippen MR) is 161 cm³/mol. The number of ether oxygens (including phenoxy) is 3. The van der Waals surface area contributed by atoms with E-state index >= 15 is 0 Å². The van der Waals surface area contributed by atoms with Gasteiger partial charge in [-0.2, -0.15) is 0 Å². The monoisotopic (exact) mass is 567 g/mol. The molecule has 1 aliphatic rings. The SMILES string of the molecule is CO[C@H](C)CN(CCCCc1ccc2c(n1)CCCC2)CC[C@H](NC(=O)OCc1ccccc1)C(=O)OC(C)(C)C. The molecular formula is C33H49N3O5. The quantitative estimate of drug-likeness (QED) is 0.220. The highest BCUT2D eigenvalue weighted by Gasteiger charge is 2.28. The van der Waals surface area contributed by atoms with Gasteiger partial charge in [0.25, 0.3) is 0 Å².